The molecule has 0 unspecified atom stereocenters. The summed E-state index contributed by atoms with van der Waals surface area (Å²) < 4.78 is 2.19. The van der Waals surface area contributed by atoms with Gasteiger partial charge in [0.25, 0.3) is 5.56 Å². The van der Waals surface area contributed by atoms with Crippen molar-refractivity contribution >= 4 is 45.1 Å². The number of hydrogen-bond donors (Lipinski definition) is 0. The number of rotatable bonds is 10. The molecule has 28 heavy (non-hydrogen) atoms. The van der Waals surface area contributed by atoms with Crippen molar-refractivity contribution in [1.29, 1.82) is 0 Å². The number of thiophene rings is 1. The Balaban J connectivity index is 1.74. The molecular weight excluding hydrogens is 396 g/mol. The second-order valence-corrected chi connectivity index (χ2v) is 8.11. The second-order valence-electron chi connectivity index (χ2n) is 6.25. The normalized spacial score (nSPS) is 11.0. The Morgan fingerprint density at radius 2 is 1.89 bits per heavy atom. The van der Waals surface area contributed by atoms with Gasteiger partial charge in [0.05, 0.1) is 11.3 Å². The highest BCUT2D eigenvalue weighted by Crippen LogP contribution is 2.22. The Bertz CT molecular complexity index is 1030. The summed E-state index contributed by atoms with van der Waals surface area (Å²) in [4.78, 5) is 40.3. The van der Waals surface area contributed by atoms with Gasteiger partial charge in [-0.05, 0) is 30.7 Å². The smallest absolute Gasteiger partial charge is 0.272 e. The van der Waals surface area contributed by atoms with Gasteiger partial charge in [-0.3, -0.25) is 14.2 Å². The van der Waals surface area contributed by atoms with Gasteiger partial charge < -0.3 is 9.90 Å². The zero-order chi connectivity index (χ0) is 19.9. The number of carbonyl (C=O) groups is 2. The summed E-state index contributed by atoms with van der Waals surface area (Å²) in [6, 6.07) is 10.8. The SMILES string of the molecule is O=C([O-])CCCCCn1c(SCC(=O)c2ccccc2)nc2ccsc2c1=O. The number of hydrogen-bond acceptors (Lipinski definition) is 7. The molecule has 2 heterocycles. The molecule has 8 heteroatoms. The summed E-state index contributed by atoms with van der Waals surface area (Å²) >= 11 is 2.60. The lowest BCUT2D eigenvalue weighted by Crippen LogP contribution is -2.23. The standard InChI is InChI=1S/C20H20N2O4S2/c23-16(14-7-3-1-4-8-14)13-28-20-21-15-10-12-27-18(15)19(26)22(20)11-6-2-5-9-17(24)25/h1,3-4,7-8,10,12H,2,5-6,9,11,13H2,(H,24,25)/p-1. The summed E-state index contributed by atoms with van der Waals surface area (Å²) in [5.74, 6) is -0.892. The van der Waals surface area contributed by atoms with E-state index < -0.39 is 5.97 Å². The van der Waals surface area contributed by atoms with Gasteiger partial charge in [-0.1, -0.05) is 48.5 Å². The van der Waals surface area contributed by atoms with Gasteiger partial charge in [0, 0.05) is 18.1 Å². The van der Waals surface area contributed by atoms with Crippen LogP contribution in [0.4, 0.5) is 0 Å². The lowest BCUT2D eigenvalue weighted by atomic mass is 10.2. The molecule has 0 fully saturated rings. The quantitative estimate of drug-likeness (QED) is 0.219. The van der Waals surface area contributed by atoms with E-state index in [4.69, 9.17) is 0 Å². The number of Topliss-reactive ketones (excluding diaryl/α,β-unsaturated/α-hetero) is 1. The Kier molecular flexibility index (Phi) is 7.00. The minimum Gasteiger partial charge on any atom is -0.550 e. The minimum absolute atomic E-state index is 0.0181. The molecule has 0 amide bonds. The van der Waals surface area contributed by atoms with E-state index >= 15 is 0 Å². The van der Waals surface area contributed by atoms with Crippen molar-refractivity contribution in [3.05, 3.63) is 57.7 Å². The Morgan fingerprint density at radius 1 is 1.11 bits per heavy atom. The number of benzene rings is 1. The molecule has 3 rings (SSSR count). The molecule has 0 aliphatic rings. The number of carbonyl (C=O) groups excluding carboxylic acids is 2. The average Bonchev–Trinajstić information content (AvgIpc) is 3.17. The van der Waals surface area contributed by atoms with E-state index in [2.05, 4.69) is 4.98 Å². The first-order chi connectivity index (χ1) is 13.6. The fourth-order valence-corrected chi connectivity index (χ4v) is 4.48. The summed E-state index contributed by atoms with van der Waals surface area (Å²) in [5.41, 5.74) is 1.15. The van der Waals surface area contributed by atoms with E-state index in [0.29, 0.717) is 46.7 Å². The average molecular weight is 416 g/mol. The summed E-state index contributed by atoms with van der Waals surface area (Å²) in [6.07, 6.45) is 1.87. The van der Waals surface area contributed by atoms with Crippen LogP contribution >= 0.6 is 23.1 Å². The molecule has 0 spiro atoms. The van der Waals surface area contributed by atoms with E-state index in [1.807, 2.05) is 23.6 Å². The highest BCUT2D eigenvalue weighted by atomic mass is 32.2. The third kappa shape index (κ3) is 5.08. The molecule has 0 aliphatic carbocycles. The van der Waals surface area contributed by atoms with E-state index in [-0.39, 0.29) is 23.5 Å². The molecular formula is C20H19N2O4S2-. The number of ketones is 1. The van der Waals surface area contributed by atoms with Crippen molar-refractivity contribution in [2.24, 2.45) is 0 Å². The van der Waals surface area contributed by atoms with Gasteiger partial charge in [0.15, 0.2) is 10.9 Å². The molecule has 0 radical (unpaired) electrons. The maximum atomic E-state index is 12.8. The van der Waals surface area contributed by atoms with Gasteiger partial charge >= 0.3 is 0 Å². The maximum Gasteiger partial charge on any atom is 0.272 e. The molecule has 0 bridgehead atoms. The molecule has 0 aliphatic heterocycles. The molecule has 2 aromatic heterocycles. The lowest BCUT2D eigenvalue weighted by molar-refractivity contribution is -0.305. The van der Waals surface area contributed by atoms with Gasteiger partial charge in [-0.2, -0.15) is 0 Å². The van der Waals surface area contributed by atoms with E-state index in [1.165, 1.54) is 23.1 Å². The molecule has 6 nitrogen and oxygen atoms in total. The van der Waals surface area contributed by atoms with Crippen molar-refractivity contribution in [2.75, 3.05) is 5.75 Å². The van der Waals surface area contributed by atoms with Crippen LogP contribution < -0.4 is 10.7 Å². The number of carboxylic acid groups (broad SMARTS) is 1. The number of thioether (sulfide) groups is 1. The summed E-state index contributed by atoms with van der Waals surface area (Å²) in [6.45, 7) is 0.439. The predicted octanol–water partition coefficient (Wildman–Crippen LogP) is 2.74. The highest BCUT2D eigenvalue weighted by Gasteiger charge is 2.14. The molecule has 0 N–H and O–H groups in total. The van der Waals surface area contributed by atoms with Crippen molar-refractivity contribution in [2.45, 2.75) is 37.4 Å². The first-order valence-electron chi connectivity index (χ1n) is 8.95. The first-order valence-corrected chi connectivity index (χ1v) is 10.8. The van der Waals surface area contributed by atoms with Crippen LogP contribution in [0.15, 0.2) is 51.7 Å². The second kappa shape index (κ2) is 9.66. The maximum absolute atomic E-state index is 12.8. The van der Waals surface area contributed by atoms with Gasteiger partial charge in [-0.25, -0.2) is 4.98 Å². The van der Waals surface area contributed by atoms with Crippen LogP contribution in [0.1, 0.15) is 36.0 Å². The number of fused-ring (bicyclic) bond motifs is 1. The van der Waals surface area contributed by atoms with Crippen LogP contribution in [0, 0.1) is 0 Å². The van der Waals surface area contributed by atoms with Crippen molar-refractivity contribution in [1.82, 2.24) is 9.55 Å². The topological polar surface area (TPSA) is 92.1 Å². The number of aliphatic carboxylic acids is 1. The third-order valence-corrected chi connectivity index (χ3v) is 6.09. The summed E-state index contributed by atoms with van der Waals surface area (Å²) in [7, 11) is 0. The fourth-order valence-electron chi connectivity index (χ4n) is 2.78. The number of aromatic nitrogens is 2. The Morgan fingerprint density at radius 3 is 2.64 bits per heavy atom. The van der Waals surface area contributed by atoms with Crippen LogP contribution in [-0.2, 0) is 11.3 Å². The van der Waals surface area contributed by atoms with E-state index in [1.54, 1.807) is 22.8 Å². The number of unbranched alkanes of at least 4 members (excludes halogenated alkanes) is 2. The van der Waals surface area contributed by atoms with Crippen molar-refractivity contribution in [3.8, 4) is 0 Å². The number of carboxylic acids is 1. The molecule has 0 saturated heterocycles. The van der Waals surface area contributed by atoms with Gasteiger partial charge in [-0.15, -0.1) is 11.3 Å². The fraction of sp³-hybridized carbons (Fsp3) is 0.300. The largest absolute Gasteiger partial charge is 0.550 e. The van der Waals surface area contributed by atoms with Crippen LogP contribution in [0.2, 0.25) is 0 Å². The molecule has 0 atom stereocenters. The van der Waals surface area contributed by atoms with Gasteiger partial charge in [0.2, 0.25) is 0 Å². The zero-order valence-corrected chi connectivity index (χ0v) is 16.8. The van der Waals surface area contributed by atoms with Crippen LogP contribution in [0.25, 0.3) is 10.2 Å². The van der Waals surface area contributed by atoms with Crippen molar-refractivity contribution < 1.29 is 14.7 Å². The Hall–Kier alpha value is -2.45. The number of nitrogens with zero attached hydrogens (tertiary/aromatic N) is 2. The minimum atomic E-state index is -1.06. The molecule has 146 valence electrons. The van der Waals surface area contributed by atoms with Crippen LogP contribution in [0.3, 0.4) is 0 Å². The van der Waals surface area contributed by atoms with Crippen LogP contribution in [0.5, 0.6) is 0 Å². The third-order valence-electron chi connectivity index (χ3n) is 4.22. The first kappa shape index (κ1) is 20.3. The summed E-state index contributed by atoms with van der Waals surface area (Å²) in [5, 5.41) is 12.9. The molecule has 0 saturated carbocycles. The zero-order valence-electron chi connectivity index (χ0n) is 15.1. The van der Waals surface area contributed by atoms with E-state index in [0.717, 1.165) is 0 Å². The Labute approximate surface area is 170 Å². The lowest BCUT2D eigenvalue weighted by Gasteiger charge is -2.12. The van der Waals surface area contributed by atoms with Gasteiger partial charge in [0.1, 0.15) is 4.70 Å². The highest BCUT2D eigenvalue weighted by molar-refractivity contribution is 7.99. The molecule has 1 aromatic carbocycles. The van der Waals surface area contributed by atoms with Crippen LogP contribution in [-0.4, -0.2) is 27.1 Å². The van der Waals surface area contributed by atoms with Crippen molar-refractivity contribution in [3.63, 3.8) is 0 Å². The monoisotopic (exact) mass is 415 g/mol. The molecule has 3 aromatic rings. The van der Waals surface area contributed by atoms with E-state index in [9.17, 15) is 19.5 Å². The predicted molar refractivity (Wildman–Crippen MR) is 109 cm³/mol.